The molecule has 2 heterocycles. The van der Waals surface area contributed by atoms with Crippen molar-refractivity contribution < 1.29 is 9.63 Å². The second-order valence-corrected chi connectivity index (χ2v) is 4.68. The maximum Gasteiger partial charge on any atom is 0.139 e. The van der Waals surface area contributed by atoms with Crippen LogP contribution in [0, 0.1) is 6.92 Å². The molecule has 1 saturated heterocycles. The number of aliphatic hydroxyl groups is 1. The van der Waals surface area contributed by atoms with Gasteiger partial charge in [0.25, 0.3) is 0 Å². The highest BCUT2D eigenvalue weighted by molar-refractivity contribution is 5.07. The summed E-state index contributed by atoms with van der Waals surface area (Å²) < 4.78 is 5.14. The molecule has 1 N–H and O–H groups in total. The lowest BCUT2D eigenvalue weighted by molar-refractivity contribution is -0.0265. The van der Waals surface area contributed by atoms with Crippen LogP contribution in [0.3, 0.4) is 0 Å². The van der Waals surface area contributed by atoms with E-state index in [-0.39, 0.29) is 0 Å². The number of likely N-dealkylation sites (N-methyl/N-ethyl adjacent to an activating group) is 1. The molecule has 1 aliphatic heterocycles. The molecule has 84 valence electrons. The number of likely N-dealkylation sites (tertiary alicyclic amines) is 1. The van der Waals surface area contributed by atoms with Gasteiger partial charge in [-0.25, -0.2) is 0 Å². The molecule has 0 spiro atoms. The molecule has 4 heteroatoms. The predicted molar refractivity (Wildman–Crippen MR) is 56.6 cm³/mol. The van der Waals surface area contributed by atoms with Crippen LogP contribution in [0.2, 0.25) is 0 Å². The molecule has 1 aromatic rings. The van der Waals surface area contributed by atoms with E-state index in [9.17, 15) is 5.11 Å². The Hall–Kier alpha value is -0.870. The fraction of sp³-hybridized carbons (Fsp3) is 0.727. The Morgan fingerprint density at radius 2 is 2.47 bits per heavy atom. The van der Waals surface area contributed by atoms with Crippen LogP contribution >= 0.6 is 0 Å². The number of piperidine rings is 1. The van der Waals surface area contributed by atoms with Crippen LogP contribution in [0.25, 0.3) is 0 Å². The molecule has 15 heavy (non-hydrogen) atoms. The summed E-state index contributed by atoms with van der Waals surface area (Å²) in [5.74, 6) is 0.783. The van der Waals surface area contributed by atoms with Gasteiger partial charge in [0.05, 0.1) is 11.3 Å². The average molecular weight is 210 g/mol. The van der Waals surface area contributed by atoms with Gasteiger partial charge in [-0.15, -0.1) is 0 Å². The van der Waals surface area contributed by atoms with Gasteiger partial charge in [-0.05, 0) is 33.4 Å². The molecule has 0 saturated carbocycles. The number of rotatable bonds is 2. The monoisotopic (exact) mass is 210 g/mol. The minimum Gasteiger partial charge on any atom is -0.388 e. The van der Waals surface area contributed by atoms with Gasteiger partial charge in [-0.2, -0.15) is 0 Å². The average Bonchev–Trinajstić information content (AvgIpc) is 2.49. The van der Waals surface area contributed by atoms with Gasteiger partial charge in [0.1, 0.15) is 5.76 Å². The molecule has 1 aromatic heterocycles. The van der Waals surface area contributed by atoms with Crippen LogP contribution in [-0.2, 0) is 6.42 Å². The Kier molecular flexibility index (Phi) is 2.80. The van der Waals surface area contributed by atoms with Gasteiger partial charge in [-0.1, -0.05) is 5.16 Å². The minimum atomic E-state index is -0.640. The summed E-state index contributed by atoms with van der Waals surface area (Å²) in [6.07, 6.45) is 2.45. The molecule has 2 rings (SSSR count). The topological polar surface area (TPSA) is 49.5 Å². The SMILES string of the molecule is Cc1cc(CC2(O)CCCN(C)C2)on1. The summed E-state index contributed by atoms with van der Waals surface area (Å²) in [5, 5.41) is 14.2. The van der Waals surface area contributed by atoms with Crippen molar-refractivity contribution in [2.75, 3.05) is 20.1 Å². The highest BCUT2D eigenvalue weighted by Gasteiger charge is 2.33. The summed E-state index contributed by atoms with van der Waals surface area (Å²) in [6.45, 7) is 3.68. The smallest absolute Gasteiger partial charge is 0.139 e. The Morgan fingerprint density at radius 3 is 3.07 bits per heavy atom. The Labute approximate surface area is 89.9 Å². The summed E-state index contributed by atoms with van der Waals surface area (Å²) in [6, 6.07) is 1.90. The van der Waals surface area contributed by atoms with E-state index in [1.807, 2.05) is 20.0 Å². The molecule has 0 amide bonds. The molecule has 1 aliphatic rings. The van der Waals surface area contributed by atoms with Gasteiger partial charge in [0.2, 0.25) is 0 Å². The third-order valence-corrected chi connectivity index (χ3v) is 2.93. The maximum atomic E-state index is 10.4. The minimum absolute atomic E-state index is 0.568. The molecule has 1 fully saturated rings. The van der Waals surface area contributed by atoms with Crippen molar-refractivity contribution in [3.63, 3.8) is 0 Å². The Bertz CT molecular complexity index is 337. The van der Waals surface area contributed by atoms with Gasteiger partial charge >= 0.3 is 0 Å². The van der Waals surface area contributed by atoms with Gasteiger partial charge in [0.15, 0.2) is 0 Å². The zero-order valence-corrected chi connectivity index (χ0v) is 9.36. The van der Waals surface area contributed by atoms with Crippen LogP contribution in [0.4, 0.5) is 0 Å². The largest absolute Gasteiger partial charge is 0.388 e. The number of hydrogen-bond donors (Lipinski definition) is 1. The van der Waals surface area contributed by atoms with Crippen molar-refractivity contribution in [1.82, 2.24) is 10.1 Å². The van der Waals surface area contributed by atoms with Crippen LogP contribution in [-0.4, -0.2) is 40.9 Å². The second-order valence-electron chi connectivity index (χ2n) is 4.68. The molecule has 1 unspecified atom stereocenters. The van der Waals surface area contributed by atoms with Crippen molar-refractivity contribution in [1.29, 1.82) is 0 Å². The lowest BCUT2D eigenvalue weighted by Gasteiger charge is -2.36. The molecular weight excluding hydrogens is 192 g/mol. The molecule has 1 atom stereocenters. The van der Waals surface area contributed by atoms with E-state index >= 15 is 0 Å². The number of hydrogen-bond acceptors (Lipinski definition) is 4. The van der Waals surface area contributed by atoms with Crippen LogP contribution in [0.15, 0.2) is 10.6 Å². The summed E-state index contributed by atoms with van der Waals surface area (Å²) >= 11 is 0. The lowest BCUT2D eigenvalue weighted by atomic mass is 9.89. The summed E-state index contributed by atoms with van der Waals surface area (Å²) in [4.78, 5) is 2.16. The Morgan fingerprint density at radius 1 is 1.67 bits per heavy atom. The summed E-state index contributed by atoms with van der Waals surface area (Å²) in [5.41, 5.74) is 0.233. The van der Waals surface area contributed by atoms with Crippen LogP contribution < -0.4 is 0 Å². The first-order chi connectivity index (χ1) is 7.07. The standard InChI is InChI=1S/C11H18N2O2/c1-9-6-10(15-12-9)7-11(14)4-3-5-13(2)8-11/h6,14H,3-5,7-8H2,1-2H3. The highest BCUT2D eigenvalue weighted by atomic mass is 16.5. The molecule has 0 bridgehead atoms. The van der Waals surface area contributed by atoms with Crippen molar-refractivity contribution in [2.45, 2.75) is 31.8 Å². The predicted octanol–water partition coefficient (Wildman–Crippen LogP) is 0.982. The zero-order valence-electron chi connectivity index (χ0n) is 9.36. The maximum absolute atomic E-state index is 10.4. The lowest BCUT2D eigenvalue weighted by Crippen LogP contribution is -2.47. The number of β-amino-alcohol motifs (C(OH)–C–C–N with tert-alkyl or cyclic N) is 1. The molecule has 0 radical (unpaired) electrons. The Balaban J connectivity index is 2.03. The van der Waals surface area contributed by atoms with Crippen molar-refractivity contribution in [3.8, 4) is 0 Å². The number of aromatic nitrogens is 1. The third kappa shape index (κ3) is 2.58. The quantitative estimate of drug-likeness (QED) is 0.790. The fourth-order valence-corrected chi connectivity index (χ4v) is 2.31. The van der Waals surface area contributed by atoms with Gasteiger partial charge in [0, 0.05) is 19.0 Å². The molecular formula is C11H18N2O2. The van der Waals surface area contributed by atoms with Crippen molar-refractivity contribution >= 4 is 0 Å². The van der Waals surface area contributed by atoms with Crippen molar-refractivity contribution in [2.24, 2.45) is 0 Å². The molecule has 0 aromatic carbocycles. The number of aryl methyl sites for hydroxylation is 1. The zero-order chi connectivity index (χ0) is 10.9. The van der Waals surface area contributed by atoms with Crippen molar-refractivity contribution in [3.05, 3.63) is 17.5 Å². The first-order valence-electron chi connectivity index (χ1n) is 5.41. The van der Waals surface area contributed by atoms with E-state index in [1.165, 1.54) is 0 Å². The van der Waals surface area contributed by atoms with E-state index in [4.69, 9.17) is 4.52 Å². The first kappa shape index (κ1) is 10.6. The summed E-state index contributed by atoms with van der Waals surface area (Å²) in [7, 11) is 2.04. The van der Waals surface area contributed by atoms with E-state index < -0.39 is 5.60 Å². The molecule has 4 nitrogen and oxygen atoms in total. The first-order valence-corrected chi connectivity index (χ1v) is 5.41. The van der Waals surface area contributed by atoms with Gasteiger partial charge < -0.3 is 14.5 Å². The highest BCUT2D eigenvalue weighted by Crippen LogP contribution is 2.24. The van der Waals surface area contributed by atoms with Crippen LogP contribution in [0.1, 0.15) is 24.3 Å². The molecule has 0 aliphatic carbocycles. The second kappa shape index (κ2) is 3.94. The van der Waals surface area contributed by atoms with Gasteiger partial charge in [-0.3, -0.25) is 0 Å². The van der Waals surface area contributed by atoms with E-state index in [0.717, 1.165) is 30.8 Å². The number of nitrogens with zero attached hydrogens (tertiary/aromatic N) is 2. The van der Waals surface area contributed by atoms with E-state index in [1.54, 1.807) is 0 Å². The van der Waals surface area contributed by atoms with E-state index in [2.05, 4.69) is 10.1 Å². The van der Waals surface area contributed by atoms with E-state index in [0.29, 0.717) is 13.0 Å². The fourth-order valence-electron chi connectivity index (χ4n) is 2.31. The van der Waals surface area contributed by atoms with Crippen LogP contribution in [0.5, 0.6) is 0 Å². The third-order valence-electron chi connectivity index (χ3n) is 2.93. The normalized spacial score (nSPS) is 28.2.